The number of methoxy groups -OCH3 is 1. The predicted octanol–water partition coefficient (Wildman–Crippen LogP) is 4.24. The van der Waals surface area contributed by atoms with E-state index in [2.05, 4.69) is 5.32 Å². The second-order valence-electron chi connectivity index (χ2n) is 7.78. The number of anilines is 2. The van der Waals surface area contributed by atoms with E-state index in [0.717, 1.165) is 18.1 Å². The van der Waals surface area contributed by atoms with Crippen molar-refractivity contribution in [2.45, 2.75) is 17.7 Å². The van der Waals surface area contributed by atoms with Crippen LogP contribution in [0.2, 0.25) is 0 Å². The highest BCUT2D eigenvalue weighted by Crippen LogP contribution is 2.32. The van der Waals surface area contributed by atoms with E-state index in [1.54, 1.807) is 6.07 Å². The Morgan fingerprint density at radius 1 is 1.06 bits per heavy atom. The van der Waals surface area contributed by atoms with E-state index < -0.39 is 21.7 Å². The zero-order chi connectivity index (χ0) is 24.1. The quantitative estimate of drug-likeness (QED) is 0.484. The van der Waals surface area contributed by atoms with Crippen molar-refractivity contribution in [3.63, 3.8) is 0 Å². The standard InChI is InChI=1S/C25H25FN2O5S/c1-32-14-15-33-24-12-11-20(17-22(24)26)27-25(29)19-7-4-9-21(16-19)34(30,31)28-13-5-8-18-6-2-3-10-23(18)28/h2-4,6-7,9-12,16-17H,5,8,13-15H2,1H3,(H,27,29). The molecular formula is C25H25FN2O5S. The van der Waals surface area contributed by atoms with E-state index in [1.807, 2.05) is 18.2 Å². The second kappa shape index (κ2) is 10.2. The van der Waals surface area contributed by atoms with Gasteiger partial charge in [-0.1, -0.05) is 24.3 Å². The molecule has 1 amide bonds. The van der Waals surface area contributed by atoms with Gasteiger partial charge >= 0.3 is 0 Å². The van der Waals surface area contributed by atoms with Crippen molar-refractivity contribution in [1.82, 2.24) is 0 Å². The van der Waals surface area contributed by atoms with E-state index >= 15 is 0 Å². The van der Waals surface area contributed by atoms with E-state index in [0.29, 0.717) is 25.3 Å². The summed E-state index contributed by atoms with van der Waals surface area (Å²) in [6, 6.07) is 17.3. The third-order valence-electron chi connectivity index (χ3n) is 5.49. The number of halogens is 1. The molecule has 1 aliphatic rings. The summed E-state index contributed by atoms with van der Waals surface area (Å²) in [6.45, 7) is 0.885. The molecule has 3 aromatic carbocycles. The smallest absolute Gasteiger partial charge is 0.264 e. The van der Waals surface area contributed by atoms with Crippen molar-refractivity contribution in [3.05, 3.63) is 83.7 Å². The number of hydrogen-bond donors (Lipinski definition) is 1. The third kappa shape index (κ3) is 5.05. The molecule has 0 saturated carbocycles. The monoisotopic (exact) mass is 484 g/mol. The first-order chi connectivity index (χ1) is 16.4. The van der Waals surface area contributed by atoms with Crippen LogP contribution in [0.4, 0.5) is 15.8 Å². The summed E-state index contributed by atoms with van der Waals surface area (Å²) in [5.41, 5.74) is 2.00. The Kier molecular flexibility index (Phi) is 7.14. The number of hydrogen-bond acceptors (Lipinski definition) is 5. The van der Waals surface area contributed by atoms with Crippen LogP contribution in [-0.2, 0) is 21.2 Å². The van der Waals surface area contributed by atoms with E-state index in [9.17, 15) is 17.6 Å². The summed E-state index contributed by atoms with van der Waals surface area (Å²) in [5.74, 6) is -1.14. The molecular weight excluding hydrogens is 459 g/mol. The van der Waals surface area contributed by atoms with E-state index in [-0.39, 0.29) is 28.5 Å². The maximum absolute atomic E-state index is 14.3. The Hall–Kier alpha value is -3.43. The minimum Gasteiger partial charge on any atom is -0.488 e. The lowest BCUT2D eigenvalue weighted by atomic mass is 10.0. The van der Waals surface area contributed by atoms with Crippen molar-refractivity contribution >= 4 is 27.3 Å². The Morgan fingerprint density at radius 2 is 1.88 bits per heavy atom. The van der Waals surface area contributed by atoms with Gasteiger partial charge in [-0.3, -0.25) is 9.10 Å². The third-order valence-corrected chi connectivity index (χ3v) is 7.30. The van der Waals surface area contributed by atoms with Gasteiger partial charge in [-0.15, -0.1) is 0 Å². The fourth-order valence-corrected chi connectivity index (χ4v) is 5.40. The second-order valence-corrected chi connectivity index (χ2v) is 9.64. The predicted molar refractivity (Wildman–Crippen MR) is 127 cm³/mol. The molecule has 1 aliphatic heterocycles. The van der Waals surface area contributed by atoms with Crippen molar-refractivity contribution in [2.75, 3.05) is 36.5 Å². The first kappa shape index (κ1) is 23.7. The highest BCUT2D eigenvalue weighted by atomic mass is 32.2. The van der Waals surface area contributed by atoms with Gasteiger partial charge in [0, 0.05) is 31.0 Å². The number of ether oxygens (including phenoxy) is 2. The van der Waals surface area contributed by atoms with E-state index in [1.165, 1.54) is 47.8 Å². The molecule has 0 fully saturated rings. The number of amides is 1. The Bertz CT molecular complexity index is 1300. The van der Waals surface area contributed by atoms with Crippen molar-refractivity contribution < 1.29 is 27.1 Å². The molecule has 0 saturated heterocycles. The summed E-state index contributed by atoms with van der Waals surface area (Å²) >= 11 is 0. The van der Waals surface area contributed by atoms with Crippen LogP contribution < -0.4 is 14.4 Å². The average Bonchev–Trinajstić information content (AvgIpc) is 2.85. The molecule has 0 aromatic heterocycles. The normalized spacial score (nSPS) is 13.3. The number of para-hydroxylation sites is 1. The van der Waals surface area contributed by atoms with Gasteiger partial charge in [0.2, 0.25) is 0 Å². The molecule has 0 spiro atoms. The minimum absolute atomic E-state index is 0.0184. The van der Waals surface area contributed by atoms with Crippen LogP contribution in [0, 0.1) is 5.82 Å². The van der Waals surface area contributed by atoms with Gasteiger partial charge in [-0.2, -0.15) is 0 Å². The highest BCUT2D eigenvalue weighted by Gasteiger charge is 2.29. The number of fused-ring (bicyclic) bond motifs is 1. The molecule has 7 nitrogen and oxygen atoms in total. The fraction of sp³-hybridized carbons (Fsp3) is 0.240. The lowest BCUT2D eigenvalue weighted by molar-refractivity contribution is 0.102. The molecule has 9 heteroatoms. The summed E-state index contributed by atoms with van der Waals surface area (Å²) in [7, 11) is -2.34. The van der Waals surface area contributed by atoms with E-state index in [4.69, 9.17) is 9.47 Å². The average molecular weight is 485 g/mol. The first-order valence-corrected chi connectivity index (χ1v) is 12.3. The summed E-state index contributed by atoms with van der Waals surface area (Å²) in [5, 5.41) is 2.60. The van der Waals surface area contributed by atoms with Crippen LogP contribution in [0.3, 0.4) is 0 Å². The van der Waals surface area contributed by atoms with Gasteiger partial charge in [0.25, 0.3) is 15.9 Å². The van der Waals surface area contributed by atoms with Crippen molar-refractivity contribution in [3.8, 4) is 5.75 Å². The Balaban J connectivity index is 1.53. The van der Waals surface area contributed by atoms with Crippen molar-refractivity contribution in [1.29, 1.82) is 0 Å². The van der Waals surface area contributed by atoms with Gasteiger partial charge < -0.3 is 14.8 Å². The molecule has 0 radical (unpaired) electrons. The first-order valence-electron chi connectivity index (χ1n) is 10.8. The fourth-order valence-electron chi connectivity index (χ4n) is 3.81. The molecule has 0 unspecified atom stereocenters. The molecule has 1 heterocycles. The molecule has 3 aromatic rings. The highest BCUT2D eigenvalue weighted by molar-refractivity contribution is 7.92. The molecule has 0 aliphatic carbocycles. The molecule has 34 heavy (non-hydrogen) atoms. The van der Waals surface area contributed by atoms with Gasteiger partial charge in [-0.05, 0) is 54.8 Å². The van der Waals surface area contributed by atoms with Crippen LogP contribution in [0.25, 0.3) is 0 Å². The zero-order valence-corrected chi connectivity index (χ0v) is 19.5. The van der Waals surface area contributed by atoms with Gasteiger partial charge in [0.1, 0.15) is 6.61 Å². The van der Waals surface area contributed by atoms with Gasteiger partial charge in [0.05, 0.1) is 17.2 Å². The minimum atomic E-state index is -3.86. The maximum atomic E-state index is 14.3. The largest absolute Gasteiger partial charge is 0.488 e. The lowest BCUT2D eigenvalue weighted by Crippen LogP contribution is -2.35. The molecule has 4 rings (SSSR count). The number of nitrogens with zero attached hydrogens (tertiary/aromatic N) is 1. The topological polar surface area (TPSA) is 84.9 Å². The summed E-state index contributed by atoms with van der Waals surface area (Å²) < 4.78 is 52.6. The number of sulfonamides is 1. The summed E-state index contributed by atoms with van der Waals surface area (Å²) in [6.07, 6.45) is 1.53. The number of benzene rings is 3. The van der Waals surface area contributed by atoms with Crippen LogP contribution in [0.5, 0.6) is 5.75 Å². The molecule has 1 N–H and O–H groups in total. The van der Waals surface area contributed by atoms with Gasteiger partial charge in [-0.25, -0.2) is 12.8 Å². The number of carbonyl (C=O) groups is 1. The van der Waals surface area contributed by atoms with Crippen LogP contribution in [0.15, 0.2) is 71.6 Å². The molecule has 178 valence electrons. The summed E-state index contributed by atoms with van der Waals surface area (Å²) in [4.78, 5) is 12.8. The van der Waals surface area contributed by atoms with Crippen LogP contribution >= 0.6 is 0 Å². The number of nitrogens with one attached hydrogen (secondary N) is 1. The molecule has 0 bridgehead atoms. The van der Waals surface area contributed by atoms with Crippen molar-refractivity contribution in [2.24, 2.45) is 0 Å². The number of rotatable bonds is 8. The Morgan fingerprint density at radius 3 is 2.68 bits per heavy atom. The Labute approximate surface area is 198 Å². The number of aryl methyl sites for hydroxylation is 1. The molecule has 0 atom stereocenters. The zero-order valence-electron chi connectivity index (χ0n) is 18.7. The SMILES string of the molecule is COCCOc1ccc(NC(=O)c2cccc(S(=O)(=O)N3CCCc4ccccc43)c2)cc1F. The lowest BCUT2D eigenvalue weighted by Gasteiger charge is -2.30. The van der Waals surface area contributed by atoms with Crippen LogP contribution in [0.1, 0.15) is 22.3 Å². The maximum Gasteiger partial charge on any atom is 0.264 e. The van der Waals surface area contributed by atoms with Crippen LogP contribution in [-0.4, -0.2) is 41.2 Å². The number of carbonyl (C=O) groups excluding carboxylic acids is 1. The van der Waals surface area contributed by atoms with Gasteiger partial charge in [0.15, 0.2) is 11.6 Å².